The van der Waals surface area contributed by atoms with E-state index in [4.69, 9.17) is 9.26 Å². The highest BCUT2D eigenvalue weighted by Gasteiger charge is 2.30. The van der Waals surface area contributed by atoms with Crippen LogP contribution in [0.4, 0.5) is 0 Å². The molecule has 0 aromatic carbocycles. The van der Waals surface area contributed by atoms with E-state index in [0.717, 1.165) is 25.2 Å². The average Bonchev–Trinajstić information content (AvgIpc) is 2.96. The molecule has 1 atom stereocenters. The summed E-state index contributed by atoms with van der Waals surface area (Å²) in [5.74, 6) is 2.12. The molecule has 1 aliphatic heterocycles. The predicted molar refractivity (Wildman–Crippen MR) is 66.5 cm³/mol. The van der Waals surface area contributed by atoms with Gasteiger partial charge in [0.15, 0.2) is 5.82 Å². The number of aromatic nitrogens is 2. The van der Waals surface area contributed by atoms with Gasteiger partial charge in [-0.2, -0.15) is 4.98 Å². The smallest absolute Gasteiger partial charge is 0.229 e. The van der Waals surface area contributed by atoms with Crippen molar-refractivity contribution in [3.8, 4) is 0 Å². The van der Waals surface area contributed by atoms with Crippen molar-refractivity contribution in [1.29, 1.82) is 0 Å². The van der Waals surface area contributed by atoms with Gasteiger partial charge in [0.25, 0.3) is 0 Å². The van der Waals surface area contributed by atoms with Crippen LogP contribution in [0, 0.1) is 5.92 Å². The summed E-state index contributed by atoms with van der Waals surface area (Å²) in [5.41, 5.74) is 0. The summed E-state index contributed by atoms with van der Waals surface area (Å²) >= 11 is 0. The van der Waals surface area contributed by atoms with Gasteiger partial charge >= 0.3 is 0 Å². The maximum atomic E-state index is 12.1. The van der Waals surface area contributed by atoms with Gasteiger partial charge < -0.3 is 14.2 Å². The molecule has 0 unspecified atom stereocenters. The quantitative estimate of drug-likeness (QED) is 0.794. The summed E-state index contributed by atoms with van der Waals surface area (Å²) in [5, 5.41) is 3.96. The highest BCUT2D eigenvalue weighted by Crippen LogP contribution is 2.38. The summed E-state index contributed by atoms with van der Waals surface area (Å²) < 4.78 is 10.4. The van der Waals surface area contributed by atoms with Crippen molar-refractivity contribution in [1.82, 2.24) is 15.0 Å². The van der Waals surface area contributed by atoms with E-state index in [0.29, 0.717) is 37.9 Å². The molecule has 19 heavy (non-hydrogen) atoms. The van der Waals surface area contributed by atoms with E-state index < -0.39 is 0 Å². The van der Waals surface area contributed by atoms with Gasteiger partial charge in [-0.15, -0.1) is 0 Å². The molecule has 1 aromatic rings. The molecule has 2 aliphatic rings. The number of amides is 1. The van der Waals surface area contributed by atoms with E-state index in [-0.39, 0.29) is 11.8 Å². The first kappa shape index (κ1) is 12.6. The van der Waals surface area contributed by atoms with Crippen LogP contribution >= 0.6 is 0 Å². The normalized spacial score (nSPS) is 22.7. The van der Waals surface area contributed by atoms with Crippen LogP contribution in [0.5, 0.6) is 0 Å². The lowest BCUT2D eigenvalue weighted by Crippen LogP contribution is -2.34. The van der Waals surface area contributed by atoms with E-state index in [2.05, 4.69) is 10.1 Å². The summed E-state index contributed by atoms with van der Waals surface area (Å²) in [4.78, 5) is 18.2. The van der Waals surface area contributed by atoms with Crippen molar-refractivity contribution >= 4 is 5.91 Å². The van der Waals surface area contributed by atoms with Crippen molar-refractivity contribution in [2.45, 2.75) is 31.6 Å². The van der Waals surface area contributed by atoms with Crippen LogP contribution in [0.15, 0.2) is 4.52 Å². The standard InChI is InChI=1S/C13H19N3O3/c1-16(13(17)10-5-7-18-8-10)6-4-11-14-12(19-15-11)9-2-3-9/h9-10H,2-8H2,1H3/t10-/m0/s1. The molecule has 6 nitrogen and oxygen atoms in total. The second-order valence-corrected chi connectivity index (χ2v) is 5.39. The Morgan fingerprint density at radius 1 is 1.42 bits per heavy atom. The number of ether oxygens (including phenoxy) is 1. The minimum absolute atomic E-state index is 0.0253. The van der Waals surface area contributed by atoms with E-state index in [9.17, 15) is 4.79 Å². The Hall–Kier alpha value is -1.43. The average molecular weight is 265 g/mol. The molecular formula is C13H19N3O3. The molecule has 2 heterocycles. The van der Waals surface area contributed by atoms with Gasteiger partial charge in [0.05, 0.1) is 12.5 Å². The Morgan fingerprint density at radius 2 is 2.26 bits per heavy atom. The van der Waals surface area contributed by atoms with Gasteiger partial charge in [-0.05, 0) is 19.3 Å². The molecule has 104 valence electrons. The van der Waals surface area contributed by atoms with E-state index in [1.165, 1.54) is 0 Å². The van der Waals surface area contributed by atoms with Crippen molar-refractivity contribution in [2.75, 3.05) is 26.8 Å². The van der Waals surface area contributed by atoms with Crippen molar-refractivity contribution < 1.29 is 14.1 Å². The summed E-state index contributed by atoms with van der Waals surface area (Å²) in [7, 11) is 1.82. The molecule has 0 radical (unpaired) electrons. The Bertz CT molecular complexity index is 450. The van der Waals surface area contributed by atoms with Crippen LogP contribution in [0.25, 0.3) is 0 Å². The lowest BCUT2D eigenvalue weighted by molar-refractivity contribution is -0.134. The third-order valence-corrected chi connectivity index (χ3v) is 3.74. The first-order chi connectivity index (χ1) is 9.24. The number of carbonyl (C=O) groups excluding carboxylic acids is 1. The van der Waals surface area contributed by atoms with E-state index in [1.54, 1.807) is 4.90 Å². The predicted octanol–water partition coefficient (Wildman–Crippen LogP) is 0.984. The zero-order valence-corrected chi connectivity index (χ0v) is 11.2. The highest BCUT2D eigenvalue weighted by molar-refractivity contribution is 5.78. The maximum Gasteiger partial charge on any atom is 0.229 e. The lowest BCUT2D eigenvalue weighted by Gasteiger charge is -2.19. The van der Waals surface area contributed by atoms with E-state index in [1.807, 2.05) is 7.05 Å². The Balaban J connectivity index is 1.48. The third-order valence-electron chi connectivity index (χ3n) is 3.74. The molecule has 1 amide bonds. The number of hydrogen-bond donors (Lipinski definition) is 0. The van der Waals surface area contributed by atoms with E-state index >= 15 is 0 Å². The van der Waals surface area contributed by atoms with Crippen LogP contribution in [0.2, 0.25) is 0 Å². The van der Waals surface area contributed by atoms with Gasteiger partial charge in [-0.1, -0.05) is 5.16 Å². The first-order valence-electron chi connectivity index (χ1n) is 6.89. The summed E-state index contributed by atoms with van der Waals surface area (Å²) in [6.07, 6.45) is 3.78. The Labute approximate surface area is 112 Å². The van der Waals surface area contributed by atoms with Gasteiger partial charge in [-0.25, -0.2) is 0 Å². The lowest BCUT2D eigenvalue weighted by atomic mass is 10.1. The second-order valence-electron chi connectivity index (χ2n) is 5.39. The molecule has 6 heteroatoms. The van der Waals surface area contributed by atoms with Crippen LogP contribution in [-0.2, 0) is 16.0 Å². The fourth-order valence-electron chi connectivity index (χ4n) is 2.28. The molecule has 1 aromatic heterocycles. The number of likely N-dealkylation sites (N-methyl/N-ethyl adjacent to an activating group) is 1. The Morgan fingerprint density at radius 3 is 2.95 bits per heavy atom. The second kappa shape index (κ2) is 5.28. The molecule has 3 rings (SSSR count). The Kier molecular flexibility index (Phi) is 3.50. The zero-order chi connectivity index (χ0) is 13.2. The maximum absolute atomic E-state index is 12.1. The van der Waals surface area contributed by atoms with Crippen molar-refractivity contribution in [3.63, 3.8) is 0 Å². The number of nitrogens with zero attached hydrogens (tertiary/aromatic N) is 3. The molecular weight excluding hydrogens is 246 g/mol. The topological polar surface area (TPSA) is 68.5 Å². The number of hydrogen-bond acceptors (Lipinski definition) is 5. The molecule has 1 saturated carbocycles. The van der Waals surface area contributed by atoms with Gasteiger partial charge in [-0.3, -0.25) is 4.79 Å². The van der Waals surface area contributed by atoms with Crippen molar-refractivity contribution in [3.05, 3.63) is 11.7 Å². The minimum Gasteiger partial charge on any atom is -0.381 e. The summed E-state index contributed by atoms with van der Waals surface area (Å²) in [6, 6.07) is 0. The fraction of sp³-hybridized carbons (Fsp3) is 0.769. The SMILES string of the molecule is CN(CCc1noc(C2CC2)n1)C(=O)[C@H]1CCOC1. The molecule has 0 spiro atoms. The molecule has 0 N–H and O–H groups in total. The largest absolute Gasteiger partial charge is 0.381 e. The third kappa shape index (κ3) is 2.94. The van der Waals surface area contributed by atoms with Gasteiger partial charge in [0.2, 0.25) is 11.8 Å². The molecule has 0 bridgehead atoms. The van der Waals surface area contributed by atoms with Crippen LogP contribution in [0.3, 0.4) is 0 Å². The molecule has 1 aliphatic carbocycles. The molecule has 1 saturated heterocycles. The first-order valence-corrected chi connectivity index (χ1v) is 6.89. The monoisotopic (exact) mass is 265 g/mol. The minimum atomic E-state index is 0.0253. The van der Waals surface area contributed by atoms with Crippen LogP contribution < -0.4 is 0 Å². The van der Waals surface area contributed by atoms with Crippen LogP contribution in [-0.4, -0.2) is 47.8 Å². The fourth-order valence-corrected chi connectivity index (χ4v) is 2.28. The van der Waals surface area contributed by atoms with Gasteiger partial charge in [0.1, 0.15) is 0 Å². The van der Waals surface area contributed by atoms with Crippen molar-refractivity contribution in [2.24, 2.45) is 5.92 Å². The van der Waals surface area contributed by atoms with Crippen LogP contribution in [0.1, 0.15) is 36.9 Å². The number of rotatable bonds is 5. The number of carbonyl (C=O) groups is 1. The zero-order valence-electron chi connectivity index (χ0n) is 11.2. The highest BCUT2D eigenvalue weighted by atomic mass is 16.5. The van der Waals surface area contributed by atoms with Gasteiger partial charge in [0, 0.05) is 32.5 Å². The summed E-state index contributed by atoms with van der Waals surface area (Å²) in [6.45, 7) is 1.87. The molecule has 2 fully saturated rings.